The summed E-state index contributed by atoms with van der Waals surface area (Å²) < 4.78 is 1.09. The summed E-state index contributed by atoms with van der Waals surface area (Å²) in [6, 6.07) is 8.06. The van der Waals surface area contributed by atoms with Crippen LogP contribution in [0.2, 0.25) is 0 Å². The van der Waals surface area contributed by atoms with Gasteiger partial charge in [-0.25, -0.2) is 0 Å². The molecule has 1 aromatic carbocycles. The summed E-state index contributed by atoms with van der Waals surface area (Å²) in [4.78, 5) is 11.9. The molecule has 2 rings (SSSR count). The Morgan fingerprint density at radius 3 is 2.69 bits per heavy atom. The highest BCUT2D eigenvalue weighted by Gasteiger charge is 2.44. The van der Waals surface area contributed by atoms with E-state index in [4.69, 9.17) is 5.11 Å². The van der Waals surface area contributed by atoms with Gasteiger partial charge in [0.25, 0.3) is 0 Å². The van der Waals surface area contributed by atoms with Crippen LogP contribution in [0.1, 0.15) is 19.3 Å². The first-order valence-electron chi connectivity index (χ1n) is 5.20. The number of halogens is 1. The molecule has 1 aromatic rings. The van der Waals surface area contributed by atoms with Crippen molar-refractivity contribution in [3.63, 3.8) is 0 Å². The molecule has 0 unspecified atom stereocenters. The normalized spacial score (nSPS) is 17.1. The molecule has 0 saturated heterocycles. The zero-order valence-corrected chi connectivity index (χ0v) is 11.2. The minimum Gasteiger partial charge on any atom is -0.481 e. The van der Waals surface area contributed by atoms with Crippen molar-refractivity contribution in [2.75, 3.05) is 5.75 Å². The van der Waals surface area contributed by atoms with Crippen molar-refractivity contribution in [2.45, 2.75) is 24.2 Å². The second kappa shape index (κ2) is 4.80. The molecule has 86 valence electrons. The Hall–Kier alpha value is -0.480. The first kappa shape index (κ1) is 12.0. The Morgan fingerprint density at radius 1 is 1.44 bits per heavy atom. The van der Waals surface area contributed by atoms with Crippen molar-refractivity contribution in [3.05, 3.63) is 28.7 Å². The van der Waals surface area contributed by atoms with Gasteiger partial charge in [-0.15, -0.1) is 11.8 Å². The number of hydrogen-bond acceptors (Lipinski definition) is 2. The average molecular weight is 301 g/mol. The number of benzene rings is 1. The lowest BCUT2D eigenvalue weighted by Gasteiger charge is -2.12. The van der Waals surface area contributed by atoms with Gasteiger partial charge < -0.3 is 5.11 Å². The number of aliphatic carboxylic acids is 1. The average Bonchev–Trinajstić information content (AvgIpc) is 2.96. The zero-order chi connectivity index (χ0) is 11.6. The van der Waals surface area contributed by atoms with Gasteiger partial charge in [0.15, 0.2) is 0 Å². The Morgan fingerprint density at radius 2 is 2.12 bits per heavy atom. The molecule has 4 heteroatoms. The van der Waals surface area contributed by atoms with Crippen molar-refractivity contribution >= 4 is 33.7 Å². The molecule has 1 aliphatic rings. The van der Waals surface area contributed by atoms with Gasteiger partial charge in [-0.05, 0) is 46.3 Å². The summed E-state index contributed by atoms with van der Waals surface area (Å²) in [5.74, 6) is 0.229. The van der Waals surface area contributed by atoms with Gasteiger partial charge in [0.05, 0.1) is 6.42 Å². The van der Waals surface area contributed by atoms with E-state index in [1.807, 2.05) is 18.2 Å². The maximum atomic E-state index is 10.7. The van der Waals surface area contributed by atoms with E-state index in [2.05, 4.69) is 22.0 Å². The molecule has 0 heterocycles. The van der Waals surface area contributed by atoms with Gasteiger partial charge in [-0.1, -0.05) is 12.1 Å². The minimum absolute atomic E-state index is 0.0613. The van der Waals surface area contributed by atoms with E-state index >= 15 is 0 Å². The Bertz CT molecular complexity index is 402. The fourth-order valence-corrected chi connectivity index (χ4v) is 3.52. The van der Waals surface area contributed by atoms with Crippen LogP contribution in [-0.2, 0) is 4.79 Å². The number of carboxylic acid groups (broad SMARTS) is 1. The van der Waals surface area contributed by atoms with E-state index in [9.17, 15) is 4.79 Å². The van der Waals surface area contributed by atoms with E-state index in [0.29, 0.717) is 6.42 Å². The molecule has 0 amide bonds. The Kier molecular flexibility index (Phi) is 3.60. The van der Waals surface area contributed by atoms with E-state index in [0.717, 1.165) is 23.1 Å². The van der Waals surface area contributed by atoms with Crippen molar-refractivity contribution in [1.29, 1.82) is 0 Å². The lowest BCUT2D eigenvalue weighted by atomic mass is 10.1. The molecule has 0 atom stereocenters. The molecule has 1 aliphatic carbocycles. The number of thioether (sulfide) groups is 1. The predicted octanol–water partition coefficient (Wildman–Crippen LogP) is 3.80. The van der Waals surface area contributed by atoms with Crippen LogP contribution >= 0.6 is 27.7 Å². The molecule has 0 aliphatic heterocycles. The van der Waals surface area contributed by atoms with Gasteiger partial charge in [0.2, 0.25) is 0 Å². The van der Waals surface area contributed by atoms with Crippen LogP contribution < -0.4 is 0 Å². The van der Waals surface area contributed by atoms with Crippen LogP contribution in [0.4, 0.5) is 0 Å². The van der Waals surface area contributed by atoms with Crippen molar-refractivity contribution in [2.24, 2.45) is 5.41 Å². The van der Waals surface area contributed by atoms with Crippen molar-refractivity contribution < 1.29 is 9.90 Å². The molecular weight excluding hydrogens is 288 g/mol. The summed E-state index contributed by atoms with van der Waals surface area (Å²) >= 11 is 5.25. The van der Waals surface area contributed by atoms with Crippen LogP contribution in [0.25, 0.3) is 0 Å². The van der Waals surface area contributed by atoms with Crippen LogP contribution in [0.5, 0.6) is 0 Å². The van der Waals surface area contributed by atoms with Gasteiger partial charge >= 0.3 is 5.97 Å². The molecule has 0 aromatic heterocycles. The summed E-state index contributed by atoms with van der Waals surface area (Å²) in [5, 5.41) is 8.82. The minimum atomic E-state index is -0.676. The van der Waals surface area contributed by atoms with E-state index < -0.39 is 5.97 Å². The van der Waals surface area contributed by atoms with Gasteiger partial charge in [-0.2, -0.15) is 0 Å². The molecule has 16 heavy (non-hydrogen) atoms. The monoisotopic (exact) mass is 300 g/mol. The molecule has 1 fully saturated rings. The lowest BCUT2D eigenvalue weighted by molar-refractivity contribution is -0.138. The van der Waals surface area contributed by atoms with Crippen molar-refractivity contribution in [3.8, 4) is 0 Å². The van der Waals surface area contributed by atoms with Crippen LogP contribution in [-0.4, -0.2) is 16.8 Å². The highest BCUT2D eigenvalue weighted by atomic mass is 79.9. The van der Waals surface area contributed by atoms with Crippen molar-refractivity contribution in [1.82, 2.24) is 0 Å². The third kappa shape index (κ3) is 3.01. The molecule has 0 bridgehead atoms. The van der Waals surface area contributed by atoms with Crippen LogP contribution in [0.15, 0.2) is 33.6 Å². The topological polar surface area (TPSA) is 37.3 Å². The third-order valence-corrected chi connectivity index (χ3v) is 5.23. The van der Waals surface area contributed by atoms with E-state index in [1.54, 1.807) is 11.8 Å². The fraction of sp³-hybridized carbons (Fsp3) is 0.417. The predicted molar refractivity (Wildman–Crippen MR) is 68.8 cm³/mol. The summed E-state index contributed by atoms with van der Waals surface area (Å²) in [5.41, 5.74) is 0.0613. The number of hydrogen-bond donors (Lipinski definition) is 1. The van der Waals surface area contributed by atoms with E-state index in [-0.39, 0.29) is 5.41 Å². The van der Waals surface area contributed by atoms with Crippen LogP contribution in [0.3, 0.4) is 0 Å². The highest BCUT2D eigenvalue weighted by molar-refractivity contribution is 9.10. The van der Waals surface area contributed by atoms with Gasteiger partial charge in [0, 0.05) is 15.1 Å². The largest absolute Gasteiger partial charge is 0.481 e. The first-order valence-corrected chi connectivity index (χ1v) is 6.98. The summed E-state index contributed by atoms with van der Waals surface area (Å²) in [7, 11) is 0. The Labute approximate surface area is 108 Å². The number of rotatable bonds is 5. The molecule has 1 saturated carbocycles. The zero-order valence-electron chi connectivity index (χ0n) is 8.78. The maximum Gasteiger partial charge on any atom is 0.303 e. The van der Waals surface area contributed by atoms with Gasteiger partial charge in [-0.3, -0.25) is 4.79 Å². The molecule has 0 radical (unpaired) electrons. The lowest BCUT2D eigenvalue weighted by Crippen LogP contribution is -2.10. The highest BCUT2D eigenvalue weighted by Crippen LogP contribution is 2.52. The SMILES string of the molecule is O=C(O)CC1(CSc2ccccc2Br)CC1. The number of carbonyl (C=O) groups is 1. The second-order valence-electron chi connectivity index (χ2n) is 4.29. The Balaban J connectivity index is 1.93. The molecule has 0 spiro atoms. The summed E-state index contributed by atoms with van der Waals surface area (Å²) in [6.45, 7) is 0. The third-order valence-electron chi connectivity index (χ3n) is 2.85. The smallest absolute Gasteiger partial charge is 0.303 e. The van der Waals surface area contributed by atoms with E-state index in [1.165, 1.54) is 4.90 Å². The van der Waals surface area contributed by atoms with Gasteiger partial charge in [0.1, 0.15) is 0 Å². The summed E-state index contributed by atoms with van der Waals surface area (Å²) in [6.07, 6.45) is 2.41. The second-order valence-corrected chi connectivity index (χ2v) is 6.16. The standard InChI is InChI=1S/C12H13BrO2S/c13-9-3-1-2-4-10(9)16-8-12(5-6-12)7-11(14)15/h1-4H,5-8H2,(H,14,15). The first-order chi connectivity index (χ1) is 7.61. The molecule has 1 N–H and O–H groups in total. The maximum absolute atomic E-state index is 10.7. The molecule has 2 nitrogen and oxygen atoms in total. The molecular formula is C12H13BrO2S. The quantitative estimate of drug-likeness (QED) is 0.841. The van der Waals surface area contributed by atoms with Crippen LogP contribution in [0, 0.1) is 5.41 Å². The number of carboxylic acids is 1. The fourth-order valence-electron chi connectivity index (χ4n) is 1.66.